The fourth-order valence-electron chi connectivity index (χ4n) is 2.93. The van der Waals surface area contributed by atoms with Gasteiger partial charge in [-0.2, -0.15) is 0 Å². The quantitative estimate of drug-likeness (QED) is 0.698. The van der Waals surface area contributed by atoms with Crippen LogP contribution in [0.1, 0.15) is 22.9 Å². The van der Waals surface area contributed by atoms with Gasteiger partial charge in [-0.3, -0.25) is 0 Å². The second-order valence-electron chi connectivity index (χ2n) is 6.27. The first-order chi connectivity index (χ1) is 12.9. The smallest absolute Gasteiger partial charge is 0.260 e. The zero-order chi connectivity index (χ0) is 19.0. The standard InChI is InChI=1S/C20H17ClN2O3S/c1-14-4-6-15(7-5-14)18-13-19(20-3-2-12-26-20)23(22-18)27(24,25)17-10-8-16(21)9-11-17/h2-13,19,22H,1H3/t19-/m1/s1. The molecule has 0 aliphatic carbocycles. The molecule has 0 saturated heterocycles. The second-order valence-corrected chi connectivity index (χ2v) is 8.52. The van der Waals surface area contributed by atoms with E-state index in [1.54, 1.807) is 24.3 Å². The number of benzene rings is 2. The summed E-state index contributed by atoms with van der Waals surface area (Å²) in [4.78, 5) is 0.148. The van der Waals surface area contributed by atoms with Crippen LogP contribution in [0.4, 0.5) is 0 Å². The molecule has 27 heavy (non-hydrogen) atoms. The summed E-state index contributed by atoms with van der Waals surface area (Å²) in [5.41, 5.74) is 5.76. The lowest BCUT2D eigenvalue weighted by molar-refractivity contribution is 0.310. The molecule has 0 unspecified atom stereocenters. The van der Waals surface area contributed by atoms with Crippen molar-refractivity contribution in [1.29, 1.82) is 0 Å². The van der Waals surface area contributed by atoms with Crippen LogP contribution >= 0.6 is 11.6 Å². The van der Waals surface area contributed by atoms with Gasteiger partial charge in [-0.15, -0.1) is 0 Å². The highest BCUT2D eigenvalue weighted by molar-refractivity contribution is 7.89. The van der Waals surface area contributed by atoms with Crippen molar-refractivity contribution in [3.63, 3.8) is 0 Å². The van der Waals surface area contributed by atoms with Gasteiger partial charge in [0.05, 0.1) is 16.9 Å². The molecule has 0 saturated carbocycles. The van der Waals surface area contributed by atoms with Gasteiger partial charge in [0, 0.05) is 5.02 Å². The summed E-state index contributed by atoms with van der Waals surface area (Å²) >= 11 is 5.90. The molecule has 0 bridgehead atoms. The Labute approximate surface area is 162 Å². The molecule has 1 aliphatic rings. The van der Waals surface area contributed by atoms with E-state index >= 15 is 0 Å². The first-order valence-corrected chi connectivity index (χ1v) is 10.2. The van der Waals surface area contributed by atoms with Crippen LogP contribution in [-0.4, -0.2) is 12.8 Å². The maximum absolute atomic E-state index is 13.2. The van der Waals surface area contributed by atoms with Gasteiger partial charge in [-0.1, -0.05) is 45.8 Å². The number of rotatable bonds is 4. The van der Waals surface area contributed by atoms with Crippen LogP contribution in [0.15, 0.2) is 82.3 Å². The third kappa shape index (κ3) is 3.39. The van der Waals surface area contributed by atoms with Gasteiger partial charge in [-0.05, 0) is 55.0 Å². The molecule has 0 spiro atoms. The molecule has 2 heterocycles. The van der Waals surface area contributed by atoms with Crippen LogP contribution < -0.4 is 5.43 Å². The van der Waals surface area contributed by atoms with Crippen LogP contribution in [0.5, 0.6) is 0 Å². The molecule has 2 aromatic carbocycles. The Morgan fingerprint density at radius 1 is 1.04 bits per heavy atom. The minimum absolute atomic E-state index is 0.148. The summed E-state index contributed by atoms with van der Waals surface area (Å²) in [6, 6.07) is 16.8. The Balaban J connectivity index is 1.75. The maximum atomic E-state index is 13.2. The maximum Gasteiger partial charge on any atom is 0.260 e. The first kappa shape index (κ1) is 17.9. The van der Waals surface area contributed by atoms with Gasteiger partial charge in [0.1, 0.15) is 11.8 Å². The van der Waals surface area contributed by atoms with Crippen molar-refractivity contribution >= 4 is 27.3 Å². The number of hydrazine groups is 1. The third-order valence-electron chi connectivity index (χ3n) is 4.38. The Kier molecular flexibility index (Phi) is 4.55. The predicted octanol–water partition coefficient (Wildman–Crippen LogP) is 4.53. The van der Waals surface area contributed by atoms with E-state index in [4.69, 9.17) is 16.0 Å². The highest BCUT2D eigenvalue weighted by Crippen LogP contribution is 2.35. The molecule has 1 aliphatic heterocycles. The van der Waals surface area contributed by atoms with Gasteiger partial charge in [0.25, 0.3) is 10.0 Å². The van der Waals surface area contributed by atoms with Crippen molar-refractivity contribution in [2.75, 3.05) is 0 Å². The lowest BCUT2D eigenvalue weighted by Gasteiger charge is -2.23. The SMILES string of the molecule is Cc1ccc(C2=C[C@H](c3ccco3)N(S(=O)(=O)c3ccc(Cl)cc3)N2)cc1. The number of nitrogens with one attached hydrogen (secondary N) is 1. The van der Waals surface area contributed by atoms with E-state index < -0.39 is 16.1 Å². The van der Waals surface area contributed by atoms with Crippen molar-refractivity contribution in [2.24, 2.45) is 0 Å². The summed E-state index contributed by atoms with van der Waals surface area (Å²) in [5.74, 6) is 0.530. The first-order valence-electron chi connectivity index (χ1n) is 8.34. The minimum atomic E-state index is -3.83. The van der Waals surface area contributed by atoms with E-state index in [1.807, 2.05) is 37.3 Å². The lowest BCUT2D eigenvalue weighted by Crippen LogP contribution is -2.39. The van der Waals surface area contributed by atoms with E-state index in [2.05, 4.69) is 5.43 Å². The average Bonchev–Trinajstić information content (AvgIpc) is 3.32. The summed E-state index contributed by atoms with van der Waals surface area (Å²) in [6.07, 6.45) is 3.37. The molecule has 0 fully saturated rings. The molecule has 0 radical (unpaired) electrons. The van der Waals surface area contributed by atoms with Crippen LogP contribution in [-0.2, 0) is 10.0 Å². The van der Waals surface area contributed by atoms with Crippen molar-refractivity contribution in [3.8, 4) is 0 Å². The van der Waals surface area contributed by atoms with Gasteiger partial charge in [0.15, 0.2) is 0 Å². The number of nitrogens with zero attached hydrogens (tertiary/aromatic N) is 1. The van der Waals surface area contributed by atoms with Gasteiger partial charge in [0.2, 0.25) is 0 Å². The number of sulfonamides is 1. The molecule has 5 nitrogen and oxygen atoms in total. The normalized spacial score (nSPS) is 17.6. The average molecular weight is 401 g/mol. The highest BCUT2D eigenvalue weighted by atomic mass is 35.5. The highest BCUT2D eigenvalue weighted by Gasteiger charge is 2.38. The number of aryl methyl sites for hydroxylation is 1. The Hall–Kier alpha value is -2.54. The van der Waals surface area contributed by atoms with E-state index in [0.29, 0.717) is 16.5 Å². The van der Waals surface area contributed by atoms with Gasteiger partial charge >= 0.3 is 0 Å². The van der Waals surface area contributed by atoms with Gasteiger partial charge in [-0.25, -0.2) is 8.42 Å². The van der Waals surface area contributed by atoms with Crippen LogP contribution in [0.2, 0.25) is 5.02 Å². The molecule has 3 aromatic rings. The number of hydrogen-bond donors (Lipinski definition) is 1. The minimum Gasteiger partial charge on any atom is -0.467 e. The fourth-order valence-corrected chi connectivity index (χ4v) is 4.45. The zero-order valence-electron chi connectivity index (χ0n) is 14.5. The third-order valence-corrected chi connectivity index (χ3v) is 6.33. The van der Waals surface area contributed by atoms with E-state index in [0.717, 1.165) is 11.1 Å². The van der Waals surface area contributed by atoms with Crippen molar-refractivity contribution < 1.29 is 12.8 Å². The molecule has 138 valence electrons. The molecule has 1 atom stereocenters. The number of furan rings is 1. The second kappa shape index (κ2) is 6.88. The molecule has 4 rings (SSSR count). The van der Waals surface area contributed by atoms with E-state index in [1.165, 1.54) is 22.8 Å². The monoisotopic (exact) mass is 400 g/mol. The lowest BCUT2D eigenvalue weighted by atomic mass is 10.1. The van der Waals surface area contributed by atoms with Crippen LogP contribution in [0.3, 0.4) is 0 Å². The largest absolute Gasteiger partial charge is 0.467 e. The molecule has 7 heteroatoms. The molecule has 1 N–H and O–H groups in total. The van der Waals surface area contributed by atoms with E-state index in [-0.39, 0.29) is 4.90 Å². The number of hydrogen-bond acceptors (Lipinski definition) is 4. The van der Waals surface area contributed by atoms with E-state index in [9.17, 15) is 8.42 Å². The Morgan fingerprint density at radius 3 is 2.37 bits per heavy atom. The van der Waals surface area contributed by atoms with Crippen molar-refractivity contribution in [1.82, 2.24) is 9.84 Å². The van der Waals surface area contributed by atoms with Crippen molar-refractivity contribution in [2.45, 2.75) is 17.9 Å². The summed E-state index contributed by atoms with van der Waals surface area (Å²) in [6.45, 7) is 2.00. The summed E-state index contributed by atoms with van der Waals surface area (Å²) in [5, 5.41) is 0.476. The molecule has 1 aromatic heterocycles. The fraction of sp³-hybridized carbons (Fsp3) is 0.100. The summed E-state index contributed by atoms with van der Waals surface area (Å²) < 4.78 is 33.2. The van der Waals surface area contributed by atoms with Crippen LogP contribution in [0.25, 0.3) is 5.70 Å². The topological polar surface area (TPSA) is 62.6 Å². The Morgan fingerprint density at radius 2 is 1.74 bits per heavy atom. The predicted molar refractivity (Wildman–Crippen MR) is 104 cm³/mol. The van der Waals surface area contributed by atoms with Crippen molar-refractivity contribution in [3.05, 3.63) is 94.9 Å². The molecule has 0 amide bonds. The molecular formula is C20H17ClN2O3S. The van der Waals surface area contributed by atoms with Crippen LogP contribution in [0, 0.1) is 6.92 Å². The zero-order valence-corrected chi connectivity index (χ0v) is 16.0. The number of halogens is 1. The molecular weight excluding hydrogens is 384 g/mol. The Bertz CT molecular complexity index is 1070. The summed E-state index contributed by atoms with van der Waals surface area (Å²) in [7, 11) is -3.83. The van der Waals surface area contributed by atoms with Gasteiger partial charge < -0.3 is 9.84 Å².